The zero-order valence-electron chi connectivity index (χ0n) is 15.6. The summed E-state index contributed by atoms with van der Waals surface area (Å²) in [6.45, 7) is 6.98. The zero-order chi connectivity index (χ0) is 18.7. The number of carbonyl (C=O) groups is 1. The Balaban J connectivity index is 1.65. The molecule has 2 aliphatic rings. The molecule has 1 aromatic rings. The van der Waals surface area contributed by atoms with Crippen molar-refractivity contribution < 1.29 is 13.2 Å². The molecule has 2 saturated heterocycles. The van der Waals surface area contributed by atoms with E-state index in [-0.39, 0.29) is 23.5 Å². The van der Waals surface area contributed by atoms with E-state index < -0.39 is 15.1 Å². The molecule has 3 rings (SSSR count). The van der Waals surface area contributed by atoms with E-state index in [2.05, 4.69) is 29.0 Å². The maximum atomic E-state index is 12.8. The lowest BCUT2D eigenvalue weighted by Crippen LogP contribution is -2.47. The predicted molar refractivity (Wildman–Crippen MR) is 101 cm³/mol. The third kappa shape index (κ3) is 4.43. The largest absolute Gasteiger partial charge is 0.352 e. The smallest absolute Gasteiger partial charge is 0.223 e. The normalized spacial score (nSPS) is 28.0. The maximum Gasteiger partial charge on any atom is 0.223 e. The van der Waals surface area contributed by atoms with Crippen molar-refractivity contribution in [2.75, 3.05) is 25.4 Å². The number of rotatable bonds is 6. The predicted octanol–water partition coefficient (Wildman–Crippen LogP) is 1.48. The average molecular weight is 380 g/mol. The Kier molecular flexibility index (Phi) is 5.97. The first-order valence-corrected chi connectivity index (χ1v) is 11.2. The van der Waals surface area contributed by atoms with Gasteiger partial charge in [0.2, 0.25) is 5.91 Å². The van der Waals surface area contributed by atoms with E-state index >= 15 is 0 Å². The van der Waals surface area contributed by atoms with Gasteiger partial charge in [-0.05, 0) is 36.9 Å². The molecule has 3 heterocycles. The first kappa shape index (κ1) is 19.3. The molecule has 0 spiro atoms. The second kappa shape index (κ2) is 8.05. The lowest BCUT2D eigenvalue weighted by molar-refractivity contribution is -0.126. The SMILES string of the molecule is CC(C)CCN1C[C@H]2[C@@H](C1)S(=O)(=O)CC[C@H]2C(=O)NCc1cccnc1. The van der Waals surface area contributed by atoms with Crippen LogP contribution in [0.4, 0.5) is 0 Å². The Morgan fingerprint density at radius 3 is 2.88 bits per heavy atom. The van der Waals surface area contributed by atoms with Gasteiger partial charge in [-0.15, -0.1) is 0 Å². The Hall–Kier alpha value is -1.47. The highest BCUT2D eigenvalue weighted by atomic mass is 32.2. The minimum atomic E-state index is -3.10. The van der Waals surface area contributed by atoms with Gasteiger partial charge in [0.15, 0.2) is 9.84 Å². The van der Waals surface area contributed by atoms with E-state index in [0.717, 1.165) is 18.5 Å². The molecule has 2 fully saturated rings. The van der Waals surface area contributed by atoms with Crippen LogP contribution in [0.1, 0.15) is 32.3 Å². The molecule has 26 heavy (non-hydrogen) atoms. The molecule has 0 radical (unpaired) electrons. The molecular weight excluding hydrogens is 350 g/mol. The van der Waals surface area contributed by atoms with E-state index in [9.17, 15) is 13.2 Å². The fourth-order valence-electron chi connectivity index (χ4n) is 4.07. The van der Waals surface area contributed by atoms with Crippen LogP contribution in [0.25, 0.3) is 0 Å². The lowest BCUT2D eigenvalue weighted by Gasteiger charge is -2.31. The number of fused-ring (bicyclic) bond motifs is 1. The summed E-state index contributed by atoms with van der Waals surface area (Å²) >= 11 is 0. The number of carbonyl (C=O) groups excluding carboxylic acids is 1. The molecule has 1 amide bonds. The molecule has 3 atom stereocenters. The van der Waals surface area contributed by atoms with Gasteiger partial charge < -0.3 is 10.2 Å². The van der Waals surface area contributed by atoms with Crippen LogP contribution in [0.2, 0.25) is 0 Å². The van der Waals surface area contributed by atoms with Gasteiger partial charge in [0.05, 0.1) is 11.0 Å². The molecule has 0 aromatic carbocycles. The van der Waals surface area contributed by atoms with Gasteiger partial charge in [0, 0.05) is 43.9 Å². The molecule has 0 bridgehead atoms. The Labute approximate surface area is 156 Å². The molecule has 0 unspecified atom stereocenters. The topological polar surface area (TPSA) is 79.4 Å². The van der Waals surface area contributed by atoms with Crippen LogP contribution in [-0.2, 0) is 21.2 Å². The van der Waals surface area contributed by atoms with Crippen molar-refractivity contribution in [2.45, 2.75) is 38.5 Å². The highest BCUT2D eigenvalue weighted by molar-refractivity contribution is 7.92. The maximum absolute atomic E-state index is 12.8. The van der Waals surface area contributed by atoms with Crippen molar-refractivity contribution in [2.24, 2.45) is 17.8 Å². The molecular formula is C19H29N3O3S. The van der Waals surface area contributed by atoms with Crippen molar-refractivity contribution in [3.05, 3.63) is 30.1 Å². The van der Waals surface area contributed by atoms with Gasteiger partial charge in [0.1, 0.15) is 0 Å². The van der Waals surface area contributed by atoms with Gasteiger partial charge >= 0.3 is 0 Å². The summed E-state index contributed by atoms with van der Waals surface area (Å²) in [4.78, 5) is 19.0. The second-order valence-corrected chi connectivity index (χ2v) is 10.3. The summed E-state index contributed by atoms with van der Waals surface area (Å²) in [7, 11) is -3.10. The molecule has 6 nitrogen and oxygen atoms in total. The number of aromatic nitrogens is 1. The first-order valence-electron chi connectivity index (χ1n) is 9.47. The Morgan fingerprint density at radius 1 is 1.38 bits per heavy atom. The minimum absolute atomic E-state index is 0.0236. The van der Waals surface area contributed by atoms with Crippen molar-refractivity contribution in [3.8, 4) is 0 Å². The minimum Gasteiger partial charge on any atom is -0.352 e. The third-order valence-electron chi connectivity index (χ3n) is 5.63. The average Bonchev–Trinajstić information content (AvgIpc) is 3.04. The van der Waals surface area contributed by atoms with Crippen LogP contribution in [0, 0.1) is 17.8 Å². The van der Waals surface area contributed by atoms with Crippen LogP contribution in [-0.4, -0.2) is 54.8 Å². The molecule has 2 aliphatic heterocycles. The summed E-state index contributed by atoms with van der Waals surface area (Å²) in [5, 5.41) is 2.59. The Morgan fingerprint density at radius 2 is 2.19 bits per heavy atom. The van der Waals surface area contributed by atoms with Gasteiger partial charge in [-0.2, -0.15) is 0 Å². The molecule has 0 saturated carbocycles. The van der Waals surface area contributed by atoms with Gasteiger partial charge in [-0.25, -0.2) is 8.42 Å². The van der Waals surface area contributed by atoms with Crippen LogP contribution in [0.3, 0.4) is 0 Å². The number of nitrogens with zero attached hydrogens (tertiary/aromatic N) is 2. The Bertz CT molecular complexity index is 721. The lowest BCUT2D eigenvalue weighted by atomic mass is 9.87. The van der Waals surface area contributed by atoms with Gasteiger partial charge in [0.25, 0.3) is 0 Å². The van der Waals surface area contributed by atoms with E-state index in [4.69, 9.17) is 0 Å². The first-order chi connectivity index (χ1) is 12.4. The fraction of sp³-hybridized carbons (Fsp3) is 0.684. The highest BCUT2D eigenvalue weighted by Crippen LogP contribution is 2.37. The number of likely N-dealkylation sites (tertiary alicyclic amines) is 1. The van der Waals surface area contributed by atoms with E-state index in [0.29, 0.717) is 32.0 Å². The van der Waals surface area contributed by atoms with Crippen LogP contribution in [0.15, 0.2) is 24.5 Å². The number of nitrogens with one attached hydrogen (secondary N) is 1. The summed E-state index contributed by atoms with van der Waals surface area (Å²) < 4.78 is 25.1. The van der Waals surface area contributed by atoms with Crippen LogP contribution in [0.5, 0.6) is 0 Å². The molecule has 1 aromatic heterocycles. The van der Waals surface area contributed by atoms with Gasteiger partial charge in [-0.3, -0.25) is 9.78 Å². The molecule has 0 aliphatic carbocycles. The number of pyridine rings is 1. The van der Waals surface area contributed by atoms with E-state index in [1.54, 1.807) is 12.4 Å². The number of amides is 1. The van der Waals surface area contributed by atoms with Crippen molar-refractivity contribution in [1.82, 2.24) is 15.2 Å². The summed E-state index contributed by atoms with van der Waals surface area (Å²) in [5.74, 6) is 0.383. The van der Waals surface area contributed by atoms with Gasteiger partial charge in [-0.1, -0.05) is 19.9 Å². The van der Waals surface area contributed by atoms with Crippen LogP contribution < -0.4 is 5.32 Å². The van der Waals surface area contributed by atoms with E-state index in [1.165, 1.54) is 0 Å². The number of hydrogen-bond donors (Lipinski definition) is 1. The fourth-order valence-corrected chi connectivity index (χ4v) is 6.21. The number of hydrogen-bond acceptors (Lipinski definition) is 5. The van der Waals surface area contributed by atoms with E-state index in [1.807, 2.05) is 12.1 Å². The van der Waals surface area contributed by atoms with Crippen molar-refractivity contribution in [1.29, 1.82) is 0 Å². The standard InChI is InChI=1S/C19H29N3O3S/c1-14(2)5-8-22-12-17-16(6-9-26(24,25)18(17)13-22)19(23)21-11-15-4-3-7-20-10-15/h3-4,7,10,14,16-18H,5-6,8-9,11-13H2,1-2H3,(H,21,23)/t16-,17-,18-/m1/s1. The molecule has 7 heteroatoms. The number of sulfone groups is 1. The quantitative estimate of drug-likeness (QED) is 0.810. The summed E-state index contributed by atoms with van der Waals surface area (Å²) in [6.07, 6.45) is 4.92. The highest BCUT2D eigenvalue weighted by Gasteiger charge is 2.50. The zero-order valence-corrected chi connectivity index (χ0v) is 16.4. The molecule has 1 N–H and O–H groups in total. The third-order valence-corrected chi connectivity index (χ3v) is 7.85. The van der Waals surface area contributed by atoms with Crippen molar-refractivity contribution in [3.63, 3.8) is 0 Å². The second-order valence-electron chi connectivity index (χ2n) is 7.99. The molecule has 144 valence electrons. The summed E-state index contributed by atoms with van der Waals surface area (Å²) in [6, 6.07) is 3.76. The summed E-state index contributed by atoms with van der Waals surface area (Å²) in [5.41, 5.74) is 0.950. The monoisotopic (exact) mass is 379 g/mol. The van der Waals surface area contributed by atoms with Crippen molar-refractivity contribution >= 4 is 15.7 Å². The van der Waals surface area contributed by atoms with Crippen LogP contribution >= 0.6 is 0 Å².